The van der Waals surface area contributed by atoms with Crippen molar-refractivity contribution in [3.05, 3.63) is 24.2 Å². The quantitative estimate of drug-likeness (QED) is 0.737. The molecule has 1 aromatic heterocycles. The molecule has 0 fully saturated rings. The molecular formula is C7H9ClN2O. The molecule has 0 unspecified atom stereocenters. The van der Waals surface area contributed by atoms with Gasteiger partial charge in [-0.05, 0) is 6.07 Å². The summed E-state index contributed by atoms with van der Waals surface area (Å²) in [5.41, 5.74) is 6.44. The lowest BCUT2D eigenvalue weighted by Crippen LogP contribution is -2.07. The third-order valence-corrected chi connectivity index (χ3v) is 1.28. The molecule has 1 heterocycles. The topological polar surface area (TPSA) is 63.0 Å². The molecule has 1 atom stereocenters. The van der Waals surface area contributed by atoms with E-state index in [9.17, 15) is 0 Å². The third-order valence-electron chi connectivity index (χ3n) is 1.28. The summed E-state index contributed by atoms with van der Waals surface area (Å²) in [5, 5.41) is 8.27. The maximum Gasteiger partial charge on any atom is 0.0950 e. The number of rotatable bonds is 2. The smallest absolute Gasteiger partial charge is 0.0950 e. The molecular weight excluding hydrogens is 164 g/mol. The fraction of sp³-hybridized carbons (Fsp3) is 0.286. The van der Waals surface area contributed by atoms with Crippen LogP contribution in [0.25, 0.3) is 0 Å². The van der Waals surface area contributed by atoms with Crippen molar-refractivity contribution in [3.8, 4) is 6.07 Å². The summed E-state index contributed by atoms with van der Waals surface area (Å²) in [6.07, 6.45) is 3.44. The molecule has 0 radical (unpaired) electrons. The summed E-state index contributed by atoms with van der Waals surface area (Å²) >= 11 is 0. The molecule has 0 saturated carbocycles. The van der Waals surface area contributed by atoms with Crippen LogP contribution >= 0.6 is 12.4 Å². The number of hydrogen-bond acceptors (Lipinski definition) is 3. The van der Waals surface area contributed by atoms with Crippen LogP contribution in [0.2, 0.25) is 0 Å². The molecule has 0 aromatic carbocycles. The molecule has 0 aliphatic rings. The zero-order chi connectivity index (χ0) is 7.40. The number of furan rings is 1. The van der Waals surface area contributed by atoms with Crippen molar-refractivity contribution in [1.82, 2.24) is 0 Å². The normalized spacial score (nSPS) is 11.3. The van der Waals surface area contributed by atoms with Crippen LogP contribution in [-0.4, -0.2) is 0 Å². The fourth-order valence-corrected chi connectivity index (χ4v) is 0.702. The molecule has 3 nitrogen and oxygen atoms in total. The summed E-state index contributed by atoms with van der Waals surface area (Å²) < 4.78 is 4.79. The minimum absolute atomic E-state index is 0. The second-order valence-corrected chi connectivity index (χ2v) is 2.03. The molecule has 0 spiro atoms. The standard InChI is InChI=1S/C7H8N2O.ClH/c8-3-1-7(9)6-2-4-10-5-6;/h2,4-5,7H,1,9H2;1H/t7-;/m0./s1. The van der Waals surface area contributed by atoms with E-state index in [2.05, 4.69) is 0 Å². The van der Waals surface area contributed by atoms with Gasteiger partial charge in [0.1, 0.15) is 0 Å². The molecule has 0 saturated heterocycles. The van der Waals surface area contributed by atoms with Crippen molar-refractivity contribution in [2.24, 2.45) is 5.73 Å². The predicted molar refractivity (Wildman–Crippen MR) is 43.1 cm³/mol. The van der Waals surface area contributed by atoms with Crippen LogP contribution in [0.15, 0.2) is 23.0 Å². The zero-order valence-electron chi connectivity index (χ0n) is 5.86. The zero-order valence-corrected chi connectivity index (χ0v) is 6.67. The van der Waals surface area contributed by atoms with Gasteiger partial charge in [0.2, 0.25) is 0 Å². The summed E-state index contributed by atoms with van der Waals surface area (Å²) in [7, 11) is 0. The van der Waals surface area contributed by atoms with Gasteiger partial charge < -0.3 is 10.2 Å². The maximum absolute atomic E-state index is 8.27. The largest absolute Gasteiger partial charge is 0.472 e. The maximum atomic E-state index is 8.27. The molecule has 1 rings (SSSR count). The first-order chi connectivity index (χ1) is 4.84. The van der Waals surface area contributed by atoms with Crippen LogP contribution in [0.3, 0.4) is 0 Å². The molecule has 0 bridgehead atoms. The molecule has 0 amide bonds. The molecule has 2 N–H and O–H groups in total. The van der Waals surface area contributed by atoms with E-state index in [4.69, 9.17) is 15.4 Å². The van der Waals surface area contributed by atoms with E-state index in [0.717, 1.165) is 5.56 Å². The van der Waals surface area contributed by atoms with Crippen molar-refractivity contribution in [2.45, 2.75) is 12.5 Å². The van der Waals surface area contributed by atoms with Gasteiger partial charge in [-0.25, -0.2) is 0 Å². The summed E-state index contributed by atoms with van der Waals surface area (Å²) in [6.45, 7) is 0. The molecule has 4 heteroatoms. The minimum Gasteiger partial charge on any atom is -0.472 e. The van der Waals surface area contributed by atoms with E-state index < -0.39 is 0 Å². The number of halogens is 1. The lowest BCUT2D eigenvalue weighted by atomic mass is 10.1. The van der Waals surface area contributed by atoms with E-state index in [1.165, 1.54) is 0 Å². The first-order valence-electron chi connectivity index (χ1n) is 2.99. The Kier molecular flexibility index (Phi) is 4.35. The Morgan fingerprint density at radius 2 is 2.45 bits per heavy atom. The average molecular weight is 173 g/mol. The fourth-order valence-electron chi connectivity index (χ4n) is 0.702. The van der Waals surface area contributed by atoms with Crippen LogP contribution in [0.4, 0.5) is 0 Å². The van der Waals surface area contributed by atoms with Crippen molar-refractivity contribution >= 4 is 12.4 Å². The molecule has 60 valence electrons. The van der Waals surface area contributed by atoms with Gasteiger partial charge in [-0.3, -0.25) is 0 Å². The Balaban J connectivity index is 0.000001000. The van der Waals surface area contributed by atoms with Crippen LogP contribution < -0.4 is 5.73 Å². The highest BCUT2D eigenvalue weighted by atomic mass is 35.5. The lowest BCUT2D eigenvalue weighted by Gasteiger charge is -2.00. The molecule has 1 aromatic rings. The Bertz CT molecular complexity index is 227. The number of nitrogens with two attached hydrogens (primary N) is 1. The summed E-state index contributed by atoms with van der Waals surface area (Å²) in [5.74, 6) is 0. The highest BCUT2D eigenvalue weighted by molar-refractivity contribution is 5.85. The lowest BCUT2D eigenvalue weighted by molar-refractivity contribution is 0.559. The summed E-state index contributed by atoms with van der Waals surface area (Å²) in [6, 6.07) is 3.55. The van der Waals surface area contributed by atoms with Crippen LogP contribution in [0.5, 0.6) is 0 Å². The molecule has 0 aliphatic carbocycles. The number of hydrogen-bond donors (Lipinski definition) is 1. The van der Waals surface area contributed by atoms with Gasteiger partial charge in [0.25, 0.3) is 0 Å². The van der Waals surface area contributed by atoms with Gasteiger partial charge in [0, 0.05) is 11.6 Å². The first kappa shape index (κ1) is 10.0. The number of nitriles is 1. The van der Waals surface area contributed by atoms with Gasteiger partial charge in [-0.2, -0.15) is 5.26 Å². The Morgan fingerprint density at radius 3 is 2.91 bits per heavy atom. The second-order valence-electron chi connectivity index (χ2n) is 2.03. The van der Waals surface area contributed by atoms with Crippen LogP contribution in [0.1, 0.15) is 18.0 Å². The van der Waals surface area contributed by atoms with Crippen molar-refractivity contribution < 1.29 is 4.42 Å². The summed E-state index contributed by atoms with van der Waals surface area (Å²) in [4.78, 5) is 0. The van der Waals surface area contributed by atoms with Crippen molar-refractivity contribution in [1.29, 1.82) is 5.26 Å². The van der Waals surface area contributed by atoms with Gasteiger partial charge >= 0.3 is 0 Å². The van der Waals surface area contributed by atoms with Gasteiger partial charge in [0.05, 0.1) is 25.0 Å². The SMILES string of the molecule is Cl.N#CC[C@H](N)c1ccoc1. The highest BCUT2D eigenvalue weighted by Crippen LogP contribution is 2.12. The van der Waals surface area contributed by atoms with Gasteiger partial charge in [-0.1, -0.05) is 0 Å². The van der Waals surface area contributed by atoms with E-state index >= 15 is 0 Å². The predicted octanol–water partition coefficient (Wildman–Crippen LogP) is 1.61. The van der Waals surface area contributed by atoms with E-state index in [1.807, 2.05) is 6.07 Å². The molecule has 0 aliphatic heterocycles. The van der Waals surface area contributed by atoms with E-state index in [-0.39, 0.29) is 18.4 Å². The highest BCUT2D eigenvalue weighted by Gasteiger charge is 2.04. The van der Waals surface area contributed by atoms with E-state index in [1.54, 1.807) is 18.6 Å². The monoisotopic (exact) mass is 172 g/mol. The number of nitrogens with zero attached hydrogens (tertiary/aromatic N) is 1. The van der Waals surface area contributed by atoms with Crippen LogP contribution in [0, 0.1) is 11.3 Å². The van der Waals surface area contributed by atoms with Crippen LogP contribution in [-0.2, 0) is 0 Å². The van der Waals surface area contributed by atoms with Gasteiger partial charge in [0.15, 0.2) is 0 Å². The van der Waals surface area contributed by atoms with Gasteiger partial charge in [-0.15, -0.1) is 12.4 Å². The Labute approximate surface area is 71.2 Å². The van der Waals surface area contributed by atoms with Crippen molar-refractivity contribution in [2.75, 3.05) is 0 Å². The van der Waals surface area contributed by atoms with Crippen molar-refractivity contribution in [3.63, 3.8) is 0 Å². The Morgan fingerprint density at radius 1 is 1.73 bits per heavy atom. The second kappa shape index (κ2) is 4.78. The minimum atomic E-state index is -0.205. The first-order valence-corrected chi connectivity index (χ1v) is 2.99. The Hall–Kier alpha value is -0.980. The molecule has 11 heavy (non-hydrogen) atoms. The third kappa shape index (κ3) is 2.62. The van der Waals surface area contributed by atoms with E-state index in [0.29, 0.717) is 6.42 Å². The average Bonchev–Trinajstić information content (AvgIpc) is 2.38.